The van der Waals surface area contributed by atoms with E-state index in [-0.39, 0.29) is 6.54 Å². The van der Waals surface area contributed by atoms with Crippen LogP contribution in [0, 0.1) is 21.7 Å². The maximum Gasteiger partial charge on any atom is 0.285 e. The third kappa shape index (κ3) is 2.30. The van der Waals surface area contributed by atoms with Crippen molar-refractivity contribution in [2.45, 2.75) is 6.92 Å². The smallest absolute Gasteiger partial charge is 0.285 e. The number of hydrogen-bond acceptors (Lipinski definition) is 3. The first-order valence-corrected chi connectivity index (χ1v) is 4.39. The molecule has 0 bridgehead atoms. The van der Waals surface area contributed by atoms with Crippen LogP contribution < -0.4 is 5.32 Å². The average molecular weight is 230 g/mol. The van der Waals surface area contributed by atoms with E-state index in [1.807, 2.05) is 0 Å². The number of amides is 1. The summed E-state index contributed by atoms with van der Waals surface area (Å²) in [5, 5.41) is 12.8. The Bertz CT molecular complexity index is 449. The second kappa shape index (κ2) is 4.65. The Hall–Kier alpha value is -2.05. The van der Waals surface area contributed by atoms with Crippen molar-refractivity contribution in [1.82, 2.24) is 5.32 Å². The molecule has 86 valence electrons. The van der Waals surface area contributed by atoms with E-state index in [1.165, 1.54) is 0 Å². The Morgan fingerprint density at radius 3 is 2.50 bits per heavy atom. The summed E-state index contributed by atoms with van der Waals surface area (Å²) >= 11 is 0. The minimum atomic E-state index is -1.36. The van der Waals surface area contributed by atoms with Crippen molar-refractivity contribution < 1.29 is 18.5 Å². The highest BCUT2D eigenvalue weighted by Crippen LogP contribution is 2.22. The van der Waals surface area contributed by atoms with Crippen molar-refractivity contribution >= 4 is 11.6 Å². The molecule has 1 amide bonds. The highest BCUT2D eigenvalue weighted by Gasteiger charge is 2.23. The Balaban J connectivity index is 3.30. The molecule has 0 aliphatic heterocycles. The van der Waals surface area contributed by atoms with Gasteiger partial charge in [0.1, 0.15) is 5.56 Å². The lowest BCUT2D eigenvalue weighted by molar-refractivity contribution is -0.385. The summed E-state index contributed by atoms with van der Waals surface area (Å²) in [7, 11) is 0. The fraction of sp³-hybridized carbons (Fsp3) is 0.222. The zero-order chi connectivity index (χ0) is 12.3. The van der Waals surface area contributed by atoms with Gasteiger partial charge in [-0.05, 0) is 13.0 Å². The van der Waals surface area contributed by atoms with Crippen molar-refractivity contribution in [2.75, 3.05) is 6.54 Å². The van der Waals surface area contributed by atoms with Crippen LogP contribution in [0.1, 0.15) is 17.3 Å². The van der Waals surface area contributed by atoms with E-state index >= 15 is 0 Å². The number of halogens is 2. The molecule has 1 aromatic rings. The van der Waals surface area contributed by atoms with Gasteiger partial charge in [0, 0.05) is 6.54 Å². The number of nitrogens with one attached hydrogen (secondary N) is 1. The molecule has 0 saturated carbocycles. The van der Waals surface area contributed by atoms with E-state index in [1.54, 1.807) is 6.92 Å². The molecule has 0 aliphatic carbocycles. The van der Waals surface area contributed by atoms with Gasteiger partial charge in [-0.1, -0.05) is 0 Å². The SMILES string of the molecule is CCNC(=O)c1cc(F)c(F)cc1[N+](=O)[O-]. The van der Waals surface area contributed by atoms with Gasteiger partial charge in [0.05, 0.1) is 11.0 Å². The zero-order valence-electron chi connectivity index (χ0n) is 8.29. The summed E-state index contributed by atoms with van der Waals surface area (Å²) in [5.74, 6) is -3.47. The summed E-state index contributed by atoms with van der Waals surface area (Å²) < 4.78 is 25.6. The van der Waals surface area contributed by atoms with Crippen molar-refractivity contribution in [3.63, 3.8) is 0 Å². The van der Waals surface area contributed by atoms with Crippen LogP contribution in [-0.2, 0) is 0 Å². The van der Waals surface area contributed by atoms with Gasteiger partial charge in [0.2, 0.25) is 0 Å². The third-order valence-electron chi connectivity index (χ3n) is 1.82. The van der Waals surface area contributed by atoms with Crippen molar-refractivity contribution in [3.05, 3.63) is 39.4 Å². The molecule has 1 rings (SSSR count). The predicted molar refractivity (Wildman–Crippen MR) is 51.0 cm³/mol. The molecule has 16 heavy (non-hydrogen) atoms. The highest BCUT2D eigenvalue weighted by molar-refractivity contribution is 5.98. The summed E-state index contributed by atoms with van der Waals surface area (Å²) in [6.45, 7) is 1.83. The number of nitrogens with zero attached hydrogens (tertiary/aromatic N) is 1. The predicted octanol–water partition coefficient (Wildman–Crippen LogP) is 1.62. The molecule has 0 unspecified atom stereocenters. The topological polar surface area (TPSA) is 72.2 Å². The molecule has 0 spiro atoms. The van der Waals surface area contributed by atoms with Gasteiger partial charge >= 0.3 is 0 Å². The van der Waals surface area contributed by atoms with Crippen LogP contribution >= 0.6 is 0 Å². The number of carbonyl (C=O) groups is 1. The summed E-state index contributed by atoms with van der Waals surface area (Å²) in [5.41, 5.74) is -1.25. The van der Waals surface area contributed by atoms with Gasteiger partial charge < -0.3 is 5.32 Å². The van der Waals surface area contributed by atoms with Gasteiger partial charge in [-0.3, -0.25) is 14.9 Å². The molecule has 5 nitrogen and oxygen atoms in total. The highest BCUT2D eigenvalue weighted by atomic mass is 19.2. The van der Waals surface area contributed by atoms with Crippen LogP contribution in [-0.4, -0.2) is 17.4 Å². The second-order valence-electron chi connectivity index (χ2n) is 2.90. The summed E-state index contributed by atoms with van der Waals surface area (Å²) in [4.78, 5) is 20.9. The molecule has 0 fully saturated rings. The molecular formula is C9H8F2N2O3. The molecular weight excluding hydrogens is 222 g/mol. The average Bonchev–Trinajstić information content (AvgIpc) is 2.21. The van der Waals surface area contributed by atoms with Crippen LogP contribution in [0.3, 0.4) is 0 Å². The van der Waals surface area contributed by atoms with Gasteiger partial charge in [-0.15, -0.1) is 0 Å². The number of benzene rings is 1. The van der Waals surface area contributed by atoms with Gasteiger partial charge in [0.25, 0.3) is 11.6 Å². The maximum atomic E-state index is 12.8. The van der Waals surface area contributed by atoms with Crippen LogP contribution in [0.5, 0.6) is 0 Å². The first-order chi connectivity index (χ1) is 7.47. The van der Waals surface area contributed by atoms with E-state index in [9.17, 15) is 23.7 Å². The van der Waals surface area contributed by atoms with Crippen LogP contribution in [0.2, 0.25) is 0 Å². The van der Waals surface area contributed by atoms with Crippen LogP contribution in [0.25, 0.3) is 0 Å². The quantitative estimate of drug-likeness (QED) is 0.633. The number of nitro benzene ring substituents is 1. The molecule has 0 saturated heterocycles. The second-order valence-corrected chi connectivity index (χ2v) is 2.90. The molecule has 1 aromatic carbocycles. The number of hydrogen-bond donors (Lipinski definition) is 1. The normalized spacial score (nSPS) is 9.94. The Morgan fingerprint density at radius 1 is 1.44 bits per heavy atom. The first-order valence-electron chi connectivity index (χ1n) is 4.39. The van der Waals surface area contributed by atoms with E-state index in [4.69, 9.17) is 0 Å². The van der Waals surface area contributed by atoms with Gasteiger partial charge in [0.15, 0.2) is 11.6 Å². The molecule has 0 radical (unpaired) electrons. The van der Waals surface area contributed by atoms with E-state index in [2.05, 4.69) is 5.32 Å². The molecule has 7 heteroatoms. The first kappa shape index (κ1) is 12.0. The number of carbonyl (C=O) groups excluding carboxylic acids is 1. The van der Waals surface area contributed by atoms with Crippen molar-refractivity contribution in [1.29, 1.82) is 0 Å². The fourth-order valence-electron chi connectivity index (χ4n) is 1.13. The maximum absolute atomic E-state index is 12.8. The molecule has 0 aliphatic rings. The fourth-order valence-corrected chi connectivity index (χ4v) is 1.13. The number of rotatable bonds is 3. The third-order valence-corrected chi connectivity index (χ3v) is 1.82. The van der Waals surface area contributed by atoms with Gasteiger partial charge in [-0.2, -0.15) is 0 Å². The molecule has 0 atom stereocenters. The minimum absolute atomic E-state index is 0.231. The monoisotopic (exact) mass is 230 g/mol. The Labute approximate surface area is 89.2 Å². The van der Waals surface area contributed by atoms with E-state index < -0.39 is 33.7 Å². The Kier molecular flexibility index (Phi) is 3.49. The number of nitro groups is 1. The van der Waals surface area contributed by atoms with Crippen molar-refractivity contribution in [2.24, 2.45) is 0 Å². The standard InChI is InChI=1S/C9H8F2N2O3/c1-2-12-9(14)5-3-6(10)7(11)4-8(5)13(15)16/h3-4H,2H2,1H3,(H,12,14). The lowest BCUT2D eigenvalue weighted by atomic mass is 10.1. The van der Waals surface area contributed by atoms with Gasteiger partial charge in [-0.25, -0.2) is 8.78 Å². The van der Waals surface area contributed by atoms with Crippen molar-refractivity contribution in [3.8, 4) is 0 Å². The Morgan fingerprint density at radius 2 is 2.00 bits per heavy atom. The molecule has 1 N–H and O–H groups in total. The van der Waals surface area contributed by atoms with E-state index in [0.717, 1.165) is 0 Å². The van der Waals surface area contributed by atoms with Crippen LogP contribution in [0.4, 0.5) is 14.5 Å². The van der Waals surface area contributed by atoms with Crippen LogP contribution in [0.15, 0.2) is 12.1 Å². The largest absolute Gasteiger partial charge is 0.352 e. The molecule has 0 heterocycles. The lowest BCUT2D eigenvalue weighted by Crippen LogP contribution is -2.24. The zero-order valence-corrected chi connectivity index (χ0v) is 8.29. The summed E-state index contributed by atoms with van der Waals surface area (Å²) in [6, 6.07) is 0.901. The lowest BCUT2D eigenvalue weighted by Gasteiger charge is -2.03. The summed E-state index contributed by atoms with van der Waals surface area (Å²) in [6.07, 6.45) is 0. The molecule has 0 aromatic heterocycles. The van der Waals surface area contributed by atoms with E-state index in [0.29, 0.717) is 12.1 Å². The minimum Gasteiger partial charge on any atom is -0.352 e.